The molecule has 4 heteroatoms. The molecule has 0 aliphatic carbocycles. The third-order valence-corrected chi connectivity index (χ3v) is 4.06. The van der Waals surface area contributed by atoms with Gasteiger partial charge in [0.15, 0.2) is 5.65 Å². The van der Waals surface area contributed by atoms with Crippen LogP contribution in [0.5, 0.6) is 0 Å². The Balaban J connectivity index is 2.25. The molecule has 0 spiro atoms. The molecule has 1 aromatic carbocycles. The van der Waals surface area contributed by atoms with Gasteiger partial charge in [-0.1, -0.05) is 25.8 Å². The highest BCUT2D eigenvalue weighted by Gasteiger charge is 2.20. The van der Waals surface area contributed by atoms with Crippen LogP contribution in [0.2, 0.25) is 0 Å². The van der Waals surface area contributed by atoms with Gasteiger partial charge in [-0.05, 0) is 34.9 Å². The van der Waals surface area contributed by atoms with Crippen LogP contribution in [0.15, 0.2) is 36.7 Å². The van der Waals surface area contributed by atoms with Crippen LogP contribution >= 0.6 is 0 Å². The number of hydrogen-bond acceptors (Lipinski definition) is 3. The SMILES string of the molecule is C#Cc1cc(-c2ccnc3[nH]ncc23)cc(C(C)(C)CN)c1. The van der Waals surface area contributed by atoms with E-state index in [0.29, 0.717) is 6.54 Å². The fraction of sp³-hybridized carbons (Fsp3) is 0.222. The van der Waals surface area contributed by atoms with Crippen molar-refractivity contribution in [3.63, 3.8) is 0 Å². The number of aromatic nitrogens is 3. The lowest BCUT2D eigenvalue weighted by Gasteiger charge is -2.24. The normalized spacial score (nSPS) is 11.5. The maximum atomic E-state index is 5.92. The number of fused-ring (bicyclic) bond motifs is 1. The summed E-state index contributed by atoms with van der Waals surface area (Å²) < 4.78 is 0. The molecular weight excluding hydrogens is 272 g/mol. The van der Waals surface area contributed by atoms with Crippen molar-refractivity contribution in [2.45, 2.75) is 19.3 Å². The van der Waals surface area contributed by atoms with Crippen molar-refractivity contribution < 1.29 is 0 Å². The second kappa shape index (κ2) is 5.28. The van der Waals surface area contributed by atoms with E-state index < -0.39 is 0 Å². The van der Waals surface area contributed by atoms with Gasteiger partial charge in [-0.15, -0.1) is 6.42 Å². The zero-order valence-corrected chi connectivity index (χ0v) is 12.7. The summed E-state index contributed by atoms with van der Waals surface area (Å²) in [6.07, 6.45) is 9.19. The summed E-state index contributed by atoms with van der Waals surface area (Å²) in [5.41, 5.74) is 10.6. The summed E-state index contributed by atoms with van der Waals surface area (Å²) >= 11 is 0. The smallest absolute Gasteiger partial charge is 0.155 e. The van der Waals surface area contributed by atoms with Gasteiger partial charge in [-0.25, -0.2) is 4.98 Å². The van der Waals surface area contributed by atoms with Crippen LogP contribution in [0.1, 0.15) is 25.0 Å². The van der Waals surface area contributed by atoms with Crippen LogP contribution in [0.25, 0.3) is 22.2 Å². The standard InChI is InChI=1S/C18H18N4/c1-4-12-7-13(9-14(8-12)18(2,3)11-19)15-5-6-20-17-16(15)10-21-22-17/h1,5-10H,11,19H2,2-3H3,(H,20,21,22). The van der Waals surface area contributed by atoms with Gasteiger partial charge < -0.3 is 5.73 Å². The average molecular weight is 290 g/mol. The number of terminal acetylenes is 1. The van der Waals surface area contributed by atoms with Gasteiger partial charge in [-0.3, -0.25) is 5.10 Å². The van der Waals surface area contributed by atoms with Gasteiger partial charge >= 0.3 is 0 Å². The Bertz CT molecular complexity index is 868. The van der Waals surface area contributed by atoms with Crippen molar-refractivity contribution in [1.82, 2.24) is 15.2 Å². The van der Waals surface area contributed by atoms with Gasteiger partial charge in [0.2, 0.25) is 0 Å². The molecule has 0 atom stereocenters. The number of H-pyrrole nitrogens is 1. The molecule has 4 nitrogen and oxygen atoms in total. The minimum Gasteiger partial charge on any atom is -0.330 e. The van der Waals surface area contributed by atoms with E-state index in [1.54, 1.807) is 12.4 Å². The fourth-order valence-electron chi connectivity index (χ4n) is 2.48. The van der Waals surface area contributed by atoms with Crippen molar-refractivity contribution >= 4 is 11.0 Å². The maximum Gasteiger partial charge on any atom is 0.155 e. The van der Waals surface area contributed by atoms with Crippen LogP contribution in [-0.4, -0.2) is 21.7 Å². The summed E-state index contributed by atoms with van der Waals surface area (Å²) in [6.45, 7) is 4.79. The number of nitrogens with one attached hydrogen (secondary N) is 1. The van der Waals surface area contributed by atoms with Gasteiger partial charge in [0.1, 0.15) is 0 Å². The first kappa shape index (κ1) is 14.3. The zero-order valence-electron chi connectivity index (χ0n) is 12.7. The molecule has 0 amide bonds. The van der Waals surface area contributed by atoms with Crippen LogP contribution < -0.4 is 5.73 Å². The largest absolute Gasteiger partial charge is 0.330 e. The summed E-state index contributed by atoms with van der Waals surface area (Å²) in [6, 6.07) is 8.17. The Morgan fingerprint density at radius 3 is 2.86 bits per heavy atom. The Morgan fingerprint density at radius 1 is 1.32 bits per heavy atom. The summed E-state index contributed by atoms with van der Waals surface area (Å²) in [5, 5.41) is 7.94. The first-order valence-corrected chi connectivity index (χ1v) is 7.16. The van der Waals surface area contributed by atoms with Gasteiger partial charge in [-0.2, -0.15) is 5.10 Å². The number of pyridine rings is 1. The van der Waals surface area contributed by atoms with E-state index in [9.17, 15) is 0 Å². The minimum absolute atomic E-state index is 0.135. The van der Waals surface area contributed by atoms with Crippen molar-refractivity contribution in [2.75, 3.05) is 6.54 Å². The molecular formula is C18H18N4. The van der Waals surface area contributed by atoms with Crippen molar-refractivity contribution in [2.24, 2.45) is 5.73 Å². The van der Waals surface area contributed by atoms with Gasteiger partial charge in [0.25, 0.3) is 0 Å². The number of hydrogen-bond donors (Lipinski definition) is 2. The van der Waals surface area contributed by atoms with Gasteiger partial charge in [0, 0.05) is 29.1 Å². The van der Waals surface area contributed by atoms with Crippen LogP contribution in [0.3, 0.4) is 0 Å². The molecule has 2 aromatic heterocycles. The van der Waals surface area contributed by atoms with E-state index in [0.717, 1.165) is 33.3 Å². The Hall–Kier alpha value is -2.64. The molecule has 110 valence electrons. The number of nitrogens with two attached hydrogens (primary N) is 1. The summed E-state index contributed by atoms with van der Waals surface area (Å²) in [7, 11) is 0. The maximum absolute atomic E-state index is 5.92. The lowest BCUT2D eigenvalue weighted by Crippen LogP contribution is -2.28. The molecule has 0 saturated carbocycles. The third-order valence-electron chi connectivity index (χ3n) is 4.06. The molecule has 0 aliphatic heterocycles. The Kier molecular flexibility index (Phi) is 3.44. The lowest BCUT2D eigenvalue weighted by atomic mass is 9.82. The lowest BCUT2D eigenvalue weighted by molar-refractivity contribution is 0.539. The summed E-state index contributed by atoms with van der Waals surface area (Å²) in [5.74, 6) is 2.74. The topological polar surface area (TPSA) is 67.6 Å². The van der Waals surface area contributed by atoms with E-state index >= 15 is 0 Å². The molecule has 0 bridgehead atoms. The first-order valence-electron chi connectivity index (χ1n) is 7.16. The van der Waals surface area contributed by atoms with Crippen LogP contribution in [0.4, 0.5) is 0 Å². The first-order chi connectivity index (χ1) is 10.5. The summed E-state index contributed by atoms with van der Waals surface area (Å²) in [4.78, 5) is 4.28. The number of benzene rings is 1. The molecule has 0 saturated heterocycles. The van der Waals surface area contributed by atoms with Crippen molar-refractivity contribution in [3.05, 3.63) is 47.8 Å². The fourth-order valence-corrected chi connectivity index (χ4v) is 2.48. The van der Waals surface area contributed by atoms with E-state index in [1.807, 2.05) is 18.2 Å². The van der Waals surface area contributed by atoms with E-state index in [1.165, 1.54) is 0 Å². The molecule has 0 unspecified atom stereocenters. The molecule has 0 radical (unpaired) electrons. The molecule has 22 heavy (non-hydrogen) atoms. The van der Waals surface area contributed by atoms with E-state index in [4.69, 9.17) is 12.2 Å². The molecule has 0 fully saturated rings. The third kappa shape index (κ3) is 2.36. The van der Waals surface area contributed by atoms with Crippen LogP contribution in [-0.2, 0) is 5.41 Å². The second-order valence-electron chi connectivity index (χ2n) is 6.02. The monoisotopic (exact) mass is 290 g/mol. The highest BCUT2D eigenvalue weighted by molar-refractivity contribution is 5.92. The predicted molar refractivity (Wildman–Crippen MR) is 89.3 cm³/mol. The molecule has 3 aromatic rings. The Morgan fingerprint density at radius 2 is 2.14 bits per heavy atom. The van der Waals surface area contributed by atoms with Crippen molar-refractivity contribution in [3.8, 4) is 23.5 Å². The van der Waals surface area contributed by atoms with Crippen molar-refractivity contribution in [1.29, 1.82) is 0 Å². The minimum atomic E-state index is -0.135. The molecule has 2 heterocycles. The Labute approximate surface area is 129 Å². The molecule has 3 rings (SSSR count). The average Bonchev–Trinajstić information content (AvgIpc) is 3.02. The highest BCUT2D eigenvalue weighted by atomic mass is 15.1. The number of nitrogens with zero attached hydrogens (tertiary/aromatic N) is 2. The van der Waals surface area contributed by atoms with Gasteiger partial charge in [0.05, 0.1) is 6.20 Å². The van der Waals surface area contributed by atoms with E-state index in [2.05, 4.69) is 41.0 Å². The van der Waals surface area contributed by atoms with Crippen LogP contribution in [0, 0.1) is 12.3 Å². The molecule has 0 aliphatic rings. The van der Waals surface area contributed by atoms with E-state index in [-0.39, 0.29) is 5.41 Å². The highest BCUT2D eigenvalue weighted by Crippen LogP contribution is 2.31. The predicted octanol–water partition coefficient (Wildman–Crippen LogP) is 2.84. The second-order valence-corrected chi connectivity index (χ2v) is 6.02. The quantitative estimate of drug-likeness (QED) is 0.729. The number of rotatable bonds is 3. The number of aromatic amines is 1. The molecule has 3 N–H and O–H groups in total. The zero-order chi connectivity index (χ0) is 15.7.